The predicted molar refractivity (Wildman–Crippen MR) is 62.3 cm³/mol. The molecule has 2 aliphatic rings. The summed E-state index contributed by atoms with van der Waals surface area (Å²) in [6.45, 7) is 0. The molecule has 1 unspecified atom stereocenters. The van der Waals surface area contributed by atoms with Crippen LogP contribution in [0.15, 0.2) is 9.39 Å². The molecule has 0 saturated carbocycles. The van der Waals surface area contributed by atoms with Crippen LogP contribution in [0.25, 0.3) is 0 Å². The summed E-state index contributed by atoms with van der Waals surface area (Å²) >= 11 is 22.4. The highest BCUT2D eigenvalue weighted by Crippen LogP contribution is 2.47. The Kier molecular flexibility index (Phi) is 2.77. The second-order valence-corrected chi connectivity index (χ2v) is 7.34. The Morgan fingerprint density at radius 1 is 1.38 bits per heavy atom. The Labute approximate surface area is 100 Å². The summed E-state index contributed by atoms with van der Waals surface area (Å²) in [5.41, 5.74) is 0. The molecule has 0 aromatic rings. The standard InChI is InChI=1S/C4Cl4N2OS2/c5-1-2-9-3(4(6,7)8)11-13(2)12-10-1. The van der Waals surface area contributed by atoms with Crippen molar-refractivity contribution in [2.75, 3.05) is 0 Å². The SMILES string of the molecule is ClC1=NSS2=C1N=C(C(Cl)(Cl)Cl)O2. The summed E-state index contributed by atoms with van der Waals surface area (Å²) in [5.74, 6) is 0.0522. The Morgan fingerprint density at radius 3 is 2.62 bits per heavy atom. The molecule has 2 heterocycles. The Bertz CT molecular complexity index is 358. The van der Waals surface area contributed by atoms with E-state index in [4.69, 9.17) is 50.6 Å². The molecular weight excluding hydrogens is 298 g/mol. The van der Waals surface area contributed by atoms with Crippen LogP contribution in [0.2, 0.25) is 0 Å². The molecule has 0 N–H and O–H groups in total. The minimum atomic E-state index is -1.64. The summed E-state index contributed by atoms with van der Waals surface area (Å²) in [6, 6.07) is 0. The molecule has 13 heavy (non-hydrogen) atoms. The van der Waals surface area contributed by atoms with Crippen molar-refractivity contribution in [3.8, 4) is 0 Å². The third-order valence-electron chi connectivity index (χ3n) is 1.12. The van der Waals surface area contributed by atoms with Crippen molar-refractivity contribution >= 4 is 83.2 Å². The van der Waals surface area contributed by atoms with Gasteiger partial charge in [-0.25, -0.2) is 0 Å². The van der Waals surface area contributed by atoms with Crippen LogP contribution in [-0.4, -0.2) is 19.8 Å². The molecule has 0 radical (unpaired) electrons. The van der Waals surface area contributed by atoms with Gasteiger partial charge in [0.15, 0.2) is 10.2 Å². The van der Waals surface area contributed by atoms with Gasteiger partial charge in [0, 0.05) is 0 Å². The molecule has 0 amide bonds. The molecule has 2 aliphatic heterocycles. The first kappa shape index (κ1) is 10.4. The molecule has 9 heteroatoms. The van der Waals surface area contributed by atoms with E-state index in [1.807, 2.05) is 0 Å². The van der Waals surface area contributed by atoms with Gasteiger partial charge in [0.25, 0.3) is 9.69 Å². The van der Waals surface area contributed by atoms with Gasteiger partial charge in [-0.2, -0.15) is 9.39 Å². The van der Waals surface area contributed by atoms with Crippen molar-refractivity contribution < 1.29 is 4.18 Å². The lowest BCUT2D eigenvalue weighted by Gasteiger charge is -2.09. The highest BCUT2D eigenvalue weighted by atomic mass is 35.6. The largest absolute Gasteiger partial charge is 0.400 e. The lowest BCUT2D eigenvalue weighted by Crippen LogP contribution is -2.18. The molecule has 0 aromatic heterocycles. The smallest absolute Gasteiger partial charge is 0.267 e. The lowest BCUT2D eigenvalue weighted by atomic mass is 10.6. The first-order valence-electron chi connectivity index (χ1n) is 2.85. The molecule has 0 bridgehead atoms. The molecule has 0 spiro atoms. The van der Waals surface area contributed by atoms with E-state index in [9.17, 15) is 0 Å². The Morgan fingerprint density at radius 2 is 2.08 bits per heavy atom. The van der Waals surface area contributed by atoms with Crippen molar-refractivity contribution in [3.05, 3.63) is 0 Å². The monoisotopic (exact) mass is 296 g/mol. The van der Waals surface area contributed by atoms with Crippen LogP contribution in [0, 0.1) is 0 Å². The van der Waals surface area contributed by atoms with Crippen LogP contribution < -0.4 is 0 Å². The summed E-state index contributed by atoms with van der Waals surface area (Å²) in [5, 5.41) is 0.303. The van der Waals surface area contributed by atoms with Crippen LogP contribution >= 0.6 is 67.2 Å². The van der Waals surface area contributed by atoms with Crippen LogP contribution in [0.5, 0.6) is 0 Å². The molecule has 0 fully saturated rings. The van der Waals surface area contributed by atoms with Gasteiger partial charge in [-0.05, 0) is 0 Å². The minimum absolute atomic E-state index is 0.0522. The van der Waals surface area contributed by atoms with E-state index in [1.54, 1.807) is 0 Å². The van der Waals surface area contributed by atoms with Gasteiger partial charge < -0.3 is 4.18 Å². The number of hydrogen-bond donors (Lipinski definition) is 0. The van der Waals surface area contributed by atoms with Crippen LogP contribution in [0.1, 0.15) is 0 Å². The van der Waals surface area contributed by atoms with E-state index in [0.29, 0.717) is 10.2 Å². The van der Waals surface area contributed by atoms with Gasteiger partial charge in [0.2, 0.25) is 0 Å². The molecule has 1 atom stereocenters. The van der Waals surface area contributed by atoms with Crippen molar-refractivity contribution in [2.45, 2.75) is 3.79 Å². The second kappa shape index (κ2) is 3.47. The van der Waals surface area contributed by atoms with Gasteiger partial charge in [-0.1, -0.05) is 46.4 Å². The average Bonchev–Trinajstić information content (AvgIpc) is 2.51. The molecule has 3 nitrogen and oxygen atoms in total. The third kappa shape index (κ3) is 1.96. The normalized spacial score (nSPS) is 26.8. The van der Waals surface area contributed by atoms with Crippen LogP contribution in [-0.2, 0) is 4.18 Å². The fraction of sp³-hybridized carbons (Fsp3) is 0.250. The predicted octanol–water partition coefficient (Wildman–Crippen LogP) is 3.31. The fourth-order valence-corrected chi connectivity index (χ4v) is 4.01. The third-order valence-corrected chi connectivity index (χ3v) is 4.69. The average molecular weight is 298 g/mol. The Hall–Kier alpha value is 0.870. The van der Waals surface area contributed by atoms with Gasteiger partial charge in [-0.15, -0.1) is 0 Å². The molecule has 0 aliphatic carbocycles. The second-order valence-electron chi connectivity index (χ2n) is 1.99. The number of halogens is 4. The number of rotatable bonds is 0. The highest BCUT2D eigenvalue weighted by molar-refractivity contribution is 8.82. The zero-order valence-electron chi connectivity index (χ0n) is 5.63. The van der Waals surface area contributed by atoms with E-state index in [0.717, 1.165) is 0 Å². The van der Waals surface area contributed by atoms with E-state index in [1.165, 1.54) is 11.0 Å². The fourth-order valence-electron chi connectivity index (χ4n) is 0.641. The first-order valence-corrected chi connectivity index (χ1v) is 6.80. The number of nitrogens with zero attached hydrogens (tertiary/aromatic N) is 2. The van der Waals surface area contributed by atoms with Crippen molar-refractivity contribution in [1.82, 2.24) is 0 Å². The van der Waals surface area contributed by atoms with E-state index >= 15 is 0 Å². The maximum Gasteiger partial charge on any atom is 0.267 e. The lowest BCUT2D eigenvalue weighted by molar-refractivity contribution is 0.646. The van der Waals surface area contributed by atoms with E-state index in [2.05, 4.69) is 9.39 Å². The van der Waals surface area contributed by atoms with Crippen molar-refractivity contribution in [3.63, 3.8) is 0 Å². The maximum atomic E-state index is 5.71. The summed E-state index contributed by atoms with van der Waals surface area (Å²) in [4.78, 5) is 4.48. The quantitative estimate of drug-likeness (QED) is 0.297. The molecule has 72 valence electrons. The van der Waals surface area contributed by atoms with Crippen molar-refractivity contribution in [1.29, 1.82) is 0 Å². The van der Waals surface area contributed by atoms with E-state index in [-0.39, 0.29) is 5.90 Å². The minimum Gasteiger partial charge on any atom is -0.400 e. The highest BCUT2D eigenvalue weighted by Gasteiger charge is 2.38. The number of aliphatic imine (C=N–C) groups is 1. The van der Waals surface area contributed by atoms with Gasteiger partial charge in [0.1, 0.15) is 9.80 Å². The van der Waals surface area contributed by atoms with Gasteiger partial charge in [0.05, 0.1) is 11.0 Å². The summed E-state index contributed by atoms with van der Waals surface area (Å²) in [6.07, 6.45) is 0. The zero-order chi connectivity index (χ0) is 9.64. The number of hydrogen-bond acceptors (Lipinski definition) is 4. The first-order chi connectivity index (χ1) is 5.98. The summed E-state index contributed by atoms with van der Waals surface area (Å²) < 4.78 is 7.44. The van der Waals surface area contributed by atoms with Crippen molar-refractivity contribution in [2.24, 2.45) is 9.39 Å². The number of alkyl halides is 3. The van der Waals surface area contributed by atoms with Crippen LogP contribution in [0.4, 0.5) is 0 Å². The zero-order valence-corrected chi connectivity index (χ0v) is 10.3. The van der Waals surface area contributed by atoms with Gasteiger partial charge >= 0.3 is 0 Å². The molecular formula is C4Cl4N2OS2. The summed E-state index contributed by atoms with van der Waals surface area (Å²) in [7, 11) is 0.541. The maximum absolute atomic E-state index is 5.71. The Balaban J connectivity index is 2.28. The molecule has 0 saturated heterocycles. The topological polar surface area (TPSA) is 34.0 Å². The molecule has 0 aromatic carbocycles. The van der Waals surface area contributed by atoms with E-state index < -0.39 is 13.6 Å². The van der Waals surface area contributed by atoms with Gasteiger partial charge in [-0.3, -0.25) is 0 Å². The molecule has 2 rings (SSSR count). The van der Waals surface area contributed by atoms with Crippen LogP contribution in [0.3, 0.4) is 0 Å².